The van der Waals surface area contributed by atoms with Gasteiger partial charge in [0.25, 0.3) is 0 Å². The van der Waals surface area contributed by atoms with Gasteiger partial charge in [-0.15, -0.1) is 10.2 Å². The minimum Gasteiger partial charge on any atom is -0.496 e. The third kappa shape index (κ3) is 3.94. The van der Waals surface area contributed by atoms with Crippen LogP contribution in [-0.2, 0) is 0 Å². The average molecular weight is 420 g/mol. The fraction of sp³-hybridized carbons (Fsp3) is 0.0476. The van der Waals surface area contributed by atoms with Crippen molar-refractivity contribution in [1.82, 2.24) is 19.7 Å². The first kappa shape index (κ1) is 19.0. The molecule has 0 spiro atoms. The Morgan fingerprint density at radius 1 is 1.00 bits per heavy atom. The van der Waals surface area contributed by atoms with Crippen LogP contribution in [0.5, 0.6) is 5.75 Å². The fourth-order valence-corrected chi connectivity index (χ4v) is 3.76. The second-order valence-electron chi connectivity index (χ2n) is 5.89. The number of hydrogen-bond donors (Lipinski definition) is 0. The van der Waals surface area contributed by atoms with Crippen LogP contribution >= 0.6 is 23.4 Å². The van der Waals surface area contributed by atoms with Gasteiger partial charge in [-0.25, -0.2) is 4.98 Å². The summed E-state index contributed by atoms with van der Waals surface area (Å²) in [5, 5.41) is 19.8. The van der Waals surface area contributed by atoms with E-state index in [-0.39, 0.29) is 0 Å². The predicted octanol–water partition coefficient (Wildman–Crippen LogP) is 5.01. The van der Waals surface area contributed by atoms with Gasteiger partial charge in [0.2, 0.25) is 5.16 Å². The molecular weight excluding hydrogens is 406 g/mol. The summed E-state index contributed by atoms with van der Waals surface area (Å²) in [6.45, 7) is 0. The van der Waals surface area contributed by atoms with Crippen LogP contribution in [0, 0.1) is 11.3 Å². The molecule has 2 heterocycles. The summed E-state index contributed by atoms with van der Waals surface area (Å²) in [6, 6.07) is 22.4. The van der Waals surface area contributed by atoms with Crippen molar-refractivity contribution in [3.8, 4) is 28.9 Å². The van der Waals surface area contributed by atoms with Gasteiger partial charge < -0.3 is 4.74 Å². The number of pyridine rings is 1. The van der Waals surface area contributed by atoms with E-state index >= 15 is 0 Å². The summed E-state index contributed by atoms with van der Waals surface area (Å²) in [5.74, 6) is 1.32. The maximum absolute atomic E-state index is 9.12. The van der Waals surface area contributed by atoms with Crippen molar-refractivity contribution in [2.24, 2.45) is 0 Å². The Balaban J connectivity index is 1.87. The van der Waals surface area contributed by atoms with Crippen molar-refractivity contribution in [3.63, 3.8) is 0 Å². The van der Waals surface area contributed by atoms with Crippen molar-refractivity contribution in [2.45, 2.75) is 10.2 Å². The van der Waals surface area contributed by atoms with E-state index in [1.807, 2.05) is 59.2 Å². The normalized spacial score (nSPS) is 10.5. The first-order valence-electron chi connectivity index (χ1n) is 8.59. The zero-order valence-electron chi connectivity index (χ0n) is 15.3. The Morgan fingerprint density at radius 3 is 2.55 bits per heavy atom. The number of methoxy groups -OCH3 is 1. The molecule has 0 aliphatic rings. The molecule has 4 aromatic rings. The lowest BCUT2D eigenvalue weighted by atomic mass is 10.2. The highest BCUT2D eigenvalue weighted by molar-refractivity contribution is 7.99. The van der Waals surface area contributed by atoms with Crippen molar-refractivity contribution in [2.75, 3.05) is 7.11 Å². The summed E-state index contributed by atoms with van der Waals surface area (Å²) >= 11 is 7.40. The van der Waals surface area contributed by atoms with Gasteiger partial charge in [0.1, 0.15) is 22.5 Å². The molecule has 0 N–H and O–H groups in total. The Morgan fingerprint density at radius 2 is 1.79 bits per heavy atom. The van der Waals surface area contributed by atoms with Crippen LogP contribution < -0.4 is 4.74 Å². The van der Waals surface area contributed by atoms with E-state index < -0.39 is 0 Å². The highest BCUT2D eigenvalue weighted by atomic mass is 35.5. The lowest BCUT2D eigenvalue weighted by Crippen LogP contribution is -2.01. The van der Waals surface area contributed by atoms with Gasteiger partial charge in [-0.2, -0.15) is 5.26 Å². The zero-order valence-corrected chi connectivity index (χ0v) is 16.9. The lowest BCUT2D eigenvalue weighted by molar-refractivity contribution is 0.416. The number of nitrogens with zero attached hydrogens (tertiary/aromatic N) is 5. The zero-order chi connectivity index (χ0) is 20.2. The molecule has 0 amide bonds. The minimum absolute atomic E-state index is 0.345. The number of para-hydroxylation sites is 1. The molecule has 4 rings (SSSR count). The molecule has 0 atom stereocenters. The van der Waals surface area contributed by atoms with Crippen LogP contribution in [0.3, 0.4) is 0 Å². The summed E-state index contributed by atoms with van der Waals surface area (Å²) < 4.78 is 7.43. The second kappa shape index (κ2) is 8.35. The van der Waals surface area contributed by atoms with E-state index in [1.54, 1.807) is 19.2 Å². The number of ether oxygens (including phenoxy) is 1. The van der Waals surface area contributed by atoms with Gasteiger partial charge in [-0.05, 0) is 60.3 Å². The summed E-state index contributed by atoms with van der Waals surface area (Å²) in [4.78, 5) is 4.33. The van der Waals surface area contributed by atoms with E-state index in [0.717, 1.165) is 11.3 Å². The van der Waals surface area contributed by atoms with Gasteiger partial charge >= 0.3 is 0 Å². The van der Waals surface area contributed by atoms with Gasteiger partial charge in [0, 0.05) is 10.7 Å². The Bertz CT molecular complexity index is 1200. The molecule has 0 saturated heterocycles. The van der Waals surface area contributed by atoms with E-state index in [4.69, 9.17) is 21.6 Å². The third-order valence-electron chi connectivity index (χ3n) is 4.10. The van der Waals surface area contributed by atoms with Gasteiger partial charge in [-0.3, -0.25) is 4.57 Å². The number of nitriles is 1. The molecule has 0 fully saturated rings. The van der Waals surface area contributed by atoms with Crippen LogP contribution in [0.2, 0.25) is 5.02 Å². The van der Waals surface area contributed by atoms with E-state index in [9.17, 15) is 0 Å². The quantitative estimate of drug-likeness (QED) is 0.452. The van der Waals surface area contributed by atoms with Crippen LogP contribution in [-0.4, -0.2) is 26.9 Å². The molecule has 8 heteroatoms. The Kier molecular flexibility index (Phi) is 5.47. The molecule has 0 radical (unpaired) electrons. The van der Waals surface area contributed by atoms with E-state index in [1.165, 1.54) is 11.8 Å². The molecule has 0 saturated carbocycles. The average Bonchev–Trinajstić information content (AvgIpc) is 3.17. The van der Waals surface area contributed by atoms with E-state index in [0.29, 0.717) is 32.5 Å². The maximum Gasteiger partial charge on any atom is 0.202 e. The van der Waals surface area contributed by atoms with Crippen molar-refractivity contribution in [3.05, 3.63) is 77.4 Å². The number of hydrogen-bond acceptors (Lipinski definition) is 6. The molecule has 0 unspecified atom stereocenters. The Labute approximate surface area is 176 Å². The molecule has 2 aromatic heterocycles. The van der Waals surface area contributed by atoms with Crippen LogP contribution in [0.1, 0.15) is 5.69 Å². The van der Waals surface area contributed by atoms with Gasteiger partial charge in [-0.1, -0.05) is 29.8 Å². The number of rotatable bonds is 5. The van der Waals surface area contributed by atoms with Crippen molar-refractivity contribution >= 4 is 23.4 Å². The number of aromatic nitrogens is 4. The van der Waals surface area contributed by atoms with Crippen LogP contribution in [0.15, 0.2) is 76.9 Å². The minimum atomic E-state index is 0.345. The van der Waals surface area contributed by atoms with Crippen molar-refractivity contribution in [1.29, 1.82) is 5.26 Å². The number of halogens is 1. The first-order chi connectivity index (χ1) is 14.2. The summed E-state index contributed by atoms with van der Waals surface area (Å²) in [7, 11) is 1.62. The highest BCUT2D eigenvalue weighted by Crippen LogP contribution is 2.35. The van der Waals surface area contributed by atoms with Crippen LogP contribution in [0.25, 0.3) is 17.1 Å². The molecular formula is C21H14ClN5OS. The SMILES string of the molecule is COc1ccccc1-c1nnc(Sc2cccc(C#N)n2)n1-c1ccc(Cl)cc1. The third-order valence-corrected chi connectivity index (χ3v) is 5.24. The molecule has 2 aromatic carbocycles. The van der Waals surface area contributed by atoms with Crippen LogP contribution in [0.4, 0.5) is 0 Å². The lowest BCUT2D eigenvalue weighted by Gasteiger charge is -2.12. The summed E-state index contributed by atoms with van der Waals surface area (Å²) in [5.41, 5.74) is 2.00. The molecule has 0 aliphatic carbocycles. The molecule has 142 valence electrons. The molecule has 0 bridgehead atoms. The van der Waals surface area contributed by atoms with Gasteiger partial charge in [0.05, 0.1) is 12.7 Å². The first-order valence-corrected chi connectivity index (χ1v) is 9.79. The van der Waals surface area contributed by atoms with Gasteiger partial charge in [0.15, 0.2) is 5.82 Å². The predicted molar refractivity (Wildman–Crippen MR) is 111 cm³/mol. The molecule has 0 aliphatic heterocycles. The number of benzene rings is 2. The van der Waals surface area contributed by atoms with E-state index in [2.05, 4.69) is 21.3 Å². The highest BCUT2D eigenvalue weighted by Gasteiger charge is 2.20. The second-order valence-corrected chi connectivity index (χ2v) is 7.32. The maximum atomic E-state index is 9.12. The largest absolute Gasteiger partial charge is 0.496 e. The smallest absolute Gasteiger partial charge is 0.202 e. The Hall–Kier alpha value is -3.34. The molecule has 29 heavy (non-hydrogen) atoms. The standard InChI is InChI=1S/C21H14ClN5OS/c1-28-18-7-3-2-6-17(18)20-25-26-21(27(20)16-11-9-14(22)10-12-16)29-19-8-4-5-15(13-23)24-19/h2-12H,1H3. The summed E-state index contributed by atoms with van der Waals surface area (Å²) in [6.07, 6.45) is 0. The monoisotopic (exact) mass is 419 g/mol. The van der Waals surface area contributed by atoms with Crippen molar-refractivity contribution < 1.29 is 4.74 Å². The fourth-order valence-electron chi connectivity index (χ4n) is 2.79. The topological polar surface area (TPSA) is 76.6 Å². The molecule has 6 nitrogen and oxygen atoms in total.